The molecule has 9 nitrogen and oxygen atoms in total. The van der Waals surface area contributed by atoms with Gasteiger partial charge in [0.15, 0.2) is 22.9 Å². The van der Waals surface area contributed by atoms with Crippen LogP contribution in [0.3, 0.4) is 0 Å². The highest BCUT2D eigenvalue weighted by Gasteiger charge is 2.63. The van der Waals surface area contributed by atoms with Gasteiger partial charge in [-0.3, -0.25) is 9.59 Å². The van der Waals surface area contributed by atoms with Gasteiger partial charge >= 0.3 is 5.97 Å². The lowest BCUT2D eigenvalue weighted by Crippen LogP contribution is -2.64. The van der Waals surface area contributed by atoms with E-state index >= 15 is 0 Å². The van der Waals surface area contributed by atoms with E-state index in [1.54, 1.807) is 26.8 Å². The minimum Gasteiger partial charge on any atom is -0.460 e. The lowest BCUT2D eigenvalue weighted by molar-refractivity contribution is -0.309. The van der Waals surface area contributed by atoms with E-state index in [1.807, 2.05) is 50.3 Å². The molecule has 5 atom stereocenters. The predicted octanol–water partition coefficient (Wildman–Crippen LogP) is 2.06. The number of carbonyl (C=O) groups excluding carboxylic acids is 2. The van der Waals surface area contributed by atoms with Crippen molar-refractivity contribution in [3.8, 4) is 5.75 Å². The molecule has 0 bridgehead atoms. The SMILES string of the molecule is C=c1c2c(c(=O)cc3c1=C1C=C(C)N(Cc4ccccc4)C(C)=C1C3=O)C1(O)C(O2)OC(C)C(OC(=O)C(C)=CC)C1O. The minimum atomic E-state index is -2.39. The summed E-state index contributed by atoms with van der Waals surface area (Å²) in [5, 5.41) is 24.0. The van der Waals surface area contributed by atoms with Gasteiger partial charge in [-0.15, -0.1) is 0 Å². The number of ketones is 1. The van der Waals surface area contributed by atoms with Gasteiger partial charge in [-0.2, -0.15) is 0 Å². The Hall–Kier alpha value is -4.31. The maximum atomic E-state index is 13.9. The summed E-state index contributed by atoms with van der Waals surface area (Å²) in [7, 11) is 0. The molecule has 43 heavy (non-hydrogen) atoms. The maximum absolute atomic E-state index is 13.9. The second-order valence-electron chi connectivity index (χ2n) is 11.4. The monoisotopic (exact) mass is 583 g/mol. The van der Waals surface area contributed by atoms with Crippen LogP contribution in [0.25, 0.3) is 12.2 Å². The fourth-order valence-electron chi connectivity index (χ4n) is 6.40. The summed E-state index contributed by atoms with van der Waals surface area (Å²) in [6.07, 6.45) is -1.98. The van der Waals surface area contributed by atoms with Crippen molar-refractivity contribution in [1.29, 1.82) is 0 Å². The number of fused-ring (bicyclic) bond motifs is 5. The van der Waals surface area contributed by atoms with E-state index < -0.39 is 41.6 Å². The van der Waals surface area contributed by atoms with Crippen LogP contribution in [-0.4, -0.2) is 51.5 Å². The molecule has 0 amide bonds. The normalized spacial score (nSPS) is 27.7. The fourth-order valence-corrected chi connectivity index (χ4v) is 6.40. The lowest BCUT2D eigenvalue weighted by Gasteiger charge is -2.44. The number of aliphatic hydroxyl groups is 2. The zero-order chi connectivity index (χ0) is 31.0. The molecular formula is C34H33NO8. The van der Waals surface area contributed by atoms with Crippen LogP contribution in [0, 0.1) is 0 Å². The highest BCUT2D eigenvalue weighted by molar-refractivity contribution is 6.23. The second kappa shape index (κ2) is 10.2. The summed E-state index contributed by atoms with van der Waals surface area (Å²) in [6, 6.07) is 11.1. The average molecular weight is 584 g/mol. The molecule has 5 unspecified atom stereocenters. The summed E-state index contributed by atoms with van der Waals surface area (Å²) in [5.41, 5.74) is 0.810. The van der Waals surface area contributed by atoms with Crippen molar-refractivity contribution >= 4 is 23.9 Å². The number of hydrogen-bond donors (Lipinski definition) is 2. The van der Waals surface area contributed by atoms with Gasteiger partial charge in [-0.05, 0) is 57.9 Å². The van der Waals surface area contributed by atoms with Crippen molar-refractivity contribution in [1.82, 2.24) is 4.90 Å². The number of hydrogen-bond acceptors (Lipinski definition) is 9. The van der Waals surface area contributed by atoms with E-state index in [9.17, 15) is 24.6 Å². The molecule has 0 spiro atoms. The summed E-state index contributed by atoms with van der Waals surface area (Å²) >= 11 is 0. The Kier molecular flexibility index (Phi) is 6.80. The van der Waals surface area contributed by atoms with E-state index in [4.69, 9.17) is 14.2 Å². The summed E-state index contributed by atoms with van der Waals surface area (Å²) in [5.74, 6) is -1.11. The molecule has 0 saturated carbocycles. The molecule has 2 aromatic carbocycles. The van der Waals surface area contributed by atoms with Crippen molar-refractivity contribution in [2.75, 3.05) is 0 Å². The lowest BCUT2D eigenvalue weighted by atomic mass is 9.82. The molecule has 4 aliphatic rings. The number of aliphatic hydroxyl groups excluding tert-OH is 1. The Balaban J connectivity index is 1.50. The van der Waals surface area contributed by atoms with Crippen LogP contribution in [0.15, 0.2) is 75.9 Å². The molecule has 2 N–H and O–H groups in total. The van der Waals surface area contributed by atoms with Crippen LogP contribution in [0.4, 0.5) is 0 Å². The van der Waals surface area contributed by atoms with Crippen LogP contribution < -0.4 is 20.6 Å². The summed E-state index contributed by atoms with van der Waals surface area (Å²) < 4.78 is 17.4. The number of benzene rings is 1. The van der Waals surface area contributed by atoms with E-state index in [0.717, 1.165) is 17.0 Å². The van der Waals surface area contributed by atoms with E-state index in [1.165, 1.54) is 6.07 Å². The zero-order valence-electron chi connectivity index (χ0n) is 24.6. The second-order valence-corrected chi connectivity index (χ2v) is 11.4. The minimum absolute atomic E-state index is 0.0708. The van der Waals surface area contributed by atoms with Gasteiger partial charge in [0, 0.05) is 45.1 Å². The van der Waals surface area contributed by atoms with Gasteiger partial charge in [-0.1, -0.05) is 43.0 Å². The Morgan fingerprint density at radius 1 is 1.21 bits per heavy atom. The van der Waals surface area contributed by atoms with Crippen molar-refractivity contribution in [3.05, 3.63) is 108 Å². The predicted molar refractivity (Wildman–Crippen MR) is 158 cm³/mol. The van der Waals surface area contributed by atoms with Crippen LogP contribution in [-0.2, 0) is 26.4 Å². The zero-order valence-corrected chi connectivity index (χ0v) is 24.6. The van der Waals surface area contributed by atoms with E-state index in [2.05, 4.69) is 11.5 Å². The quantitative estimate of drug-likeness (QED) is 0.411. The molecule has 3 heterocycles. The van der Waals surface area contributed by atoms with Crippen molar-refractivity contribution in [2.45, 2.75) is 71.4 Å². The molecule has 9 heteroatoms. The largest absolute Gasteiger partial charge is 0.460 e. The third kappa shape index (κ3) is 4.14. The number of allylic oxidation sites excluding steroid dienone is 5. The molecule has 6 rings (SSSR count). The van der Waals surface area contributed by atoms with Crippen molar-refractivity contribution < 1.29 is 34.0 Å². The van der Waals surface area contributed by atoms with Gasteiger partial charge in [0.2, 0.25) is 6.29 Å². The first kappa shape index (κ1) is 28.8. The van der Waals surface area contributed by atoms with Crippen LogP contribution in [0.2, 0.25) is 0 Å². The Bertz CT molecular complexity index is 1860. The first-order valence-electron chi connectivity index (χ1n) is 14.2. The average Bonchev–Trinajstić information content (AvgIpc) is 3.39. The summed E-state index contributed by atoms with van der Waals surface area (Å²) in [4.78, 5) is 42.3. The highest BCUT2D eigenvalue weighted by Crippen LogP contribution is 2.46. The first-order chi connectivity index (χ1) is 20.4. The molecule has 222 valence electrons. The highest BCUT2D eigenvalue weighted by atomic mass is 16.7. The Morgan fingerprint density at radius 3 is 2.58 bits per heavy atom. The standard InChI is InChI=1S/C34H33NO8/c1-7-16(2)32(39)42-30-20(6)41-33-34(40,31(30)38)27-24(36)14-23-25(18(4)29(27)43-33)22-13-17(3)35(19(5)26(22)28(23)37)15-21-11-9-8-10-12-21/h7-14,20,30-31,33,38,40H,4,15H2,1-3,5-6H3. The molecule has 0 aromatic heterocycles. The molecule has 3 aliphatic heterocycles. The Labute approximate surface area is 248 Å². The number of esters is 1. The van der Waals surface area contributed by atoms with Gasteiger partial charge < -0.3 is 29.3 Å². The smallest absolute Gasteiger partial charge is 0.333 e. The molecule has 1 fully saturated rings. The van der Waals surface area contributed by atoms with Gasteiger partial charge in [-0.25, -0.2) is 4.79 Å². The molecule has 1 saturated heterocycles. The van der Waals surface area contributed by atoms with Crippen LogP contribution in [0.1, 0.15) is 56.1 Å². The van der Waals surface area contributed by atoms with E-state index in [0.29, 0.717) is 28.5 Å². The first-order valence-corrected chi connectivity index (χ1v) is 14.2. The fraction of sp³-hybridized carbons (Fsp3) is 0.324. The molecule has 0 radical (unpaired) electrons. The number of Topliss-reactive ketones (excluding diaryl/α,β-unsaturated/α-hetero) is 1. The maximum Gasteiger partial charge on any atom is 0.333 e. The van der Waals surface area contributed by atoms with E-state index in [-0.39, 0.29) is 27.9 Å². The van der Waals surface area contributed by atoms with Gasteiger partial charge in [0.25, 0.3) is 0 Å². The topological polar surface area (TPSA) is 123 Å². The third-order valence-electron chi connectivity index (χ3n) is 8.88. The summed E-state index contributed by atoms with van der Waals surface area (Å²) in [6.45, 7) is 13.4. The van der Waals surface area contributed by atoms with Crippen molar-refractivity contribution in [3.63, 3.8) is 0 Å². The van der Waals surface area contributed by atoms with Crippen LogP contribution >= 0.6 is 0 Å². The number of carbonyl (C=O) groups is 2. The molecular weight excluding hydrogens is 550 g/mol. The third-order valence-corrected chi connectivity index (χ3v) is 8.88. The number of nitrogens with zero attached hydrogens (tertiary/aromatic N) is 1. The number of ether oxygens (including phenoxy) is 3. The van der Waals surface area contributed by atoms with Gasteiger partial charge in [0.1, 0.15) is 11.9 Å². The number of rotatable bonds is 4. The Morgan fingerprint density at radius 2 is 1.91 bits per heavy atom. The molecule has 2 aromatic rings. The van der Waals surface area contributed by atoms with Gasteiger partial charge in [0.05, 0.1) is 11.7 Å². The van der Waals surface area contributed by atoms with Crippen molar-refractivity contribution in [2.24, 2.45) is 0 Å². The molecule has 1 aliphatic carbocycles. The van der Waals surface area contributed by atoms with Crippen LogP contribution in [0.5, 0.6) is 5.75 Å².